The van der Waals surface area contributed by atoms with Gasteiger partial charge in [-0.15, -0.1) is 22.7 Å². The number of halogens is 1. The Balaban J connectivity index is 0.000000162. The Kier molecular flexibility index (Phi) is 8.99. The van der Waals surface area contributed by atoms with E-state index in [2.05, 4.69) is 52.2 Å². The Morgan fingerprint density at radius 1 is 0.800 bits per heavy atom. The Morgan fingerprint density at radius 3 is 1.82 bits per heavy atom. The summed E-state index contributed by atoms with van der Waals surface area (Å²) in [5, 5.41) is 0. The lowest BCUT2D eigenvalue weighted by Gasteiger charge is -2.26. The molecule has 8 heteroatoms. The monoisotopic (exact) mass is 633 g/mol. The molecule has 0 saturated carbocycles. The Morgan fingerprint density at radius 2 is 1.32 bits per heavy atom. The summed E-state index contributed by atoms with van der Waals surface area (Å²) in [6.07, 6.45) is 3.46. The molecule has 0 bridgehead atoms. The van der Waals surface area contributed by atoms with E-state index in [0.717, 1.165) is 78.3 Å². The average Bonchev–Trinajstić information content (AvgIpc) is 3.54. The van der Waals surface area contributed by atoms with Gasteiger partial charge in [-0.05, 0) is 102 Å². The zero-order valence-corrected chi connectivity index (χ0v) is 25.4. The van der Waals surface area contributed by atoms with Crippen molar-refractivity contribution < 1.29 is 19.1 Å². The van der Waals surface area contributed by atoms with E-state index in [4.69, 9.17) is 15.2 Å². The van der Waals surface area contributed by atoms with E-state index in [9.17, 15) is 9.59 Å². The minimum atomic E-state index is -0.127. The standard InChI is InChI=1S/C17H15NO2S.C15H13BrO2S/c1-11-15(9-14(10-19)21-11)17-16-8-12(4-6-18)2-3-13(16)5-7-20-17;1-9-13(7-12(8-17)19-9)15-14-6-11(16)3-2-10(14)4-5-18-15/h2-3,8-10,17H,5,7,18H2,1H3;2-3,6-8,15H,4-5H2,1H3. The fraction of sp³-hybridized carbons (Fsp3) is 0.250. The van der Waals surface area contributed by atoms with Crippen molar-refractivity contribution in [3.8, 4) is 12.0 Å². The minimum Gasteiger partial charge on any atom is -0.368 e. The number of carbonyl (C=O) groups is 2. The van der Waals surface area contributed by atoms with Crippen LogP contribution in [0.2, 0.25) is 0 Å². The molecule has 2 aliphatic heterocycles. The second kappa shape index (κ2) is 12.6. The molecule has 0 spiro atoms. The third-order valence-corrected chi connectivity index (χ3v) is 9.57. The number of nitrogens with two attached hydrogens (primary N) is 1. The average molecular weight is 635 g/mol. The minimum absolute atomic E-state index is 0.0498. The van der Waals surface area contributed by atoms with Gasteiger partial charge in [0.1, 0.15) is 12.2 Å². The van der Waals surface area contributed by atoms with Crippen molar-refractivity contribution in [2.75, 3.05) is 13.2 Å². The molecule has 0 fully saturated rings. The van der Waals surface area contributed by atoms with Crippen LogP contribution in [0.4, 0.5) is 0 Å². The van der Waals surface area contributed by atoms with Crippen molar-refractivity contribution in [3.05, 3.63) is 111 Å². The molecule has 4 aromatic rings. The van der Waals surface area contributed by atoms with Crippen molar-refractivity contribution >= 4 is 51.2 Å². The summed E-state index contributed by atoms with van der Waals surface area (Å²) in [5.74, 6) is 2.88. The summed E-state index contributed by atoms with van der Waals surface area (Å²) in [6.45, 7) is 5.48. The van der Waals surface area contributed by atoms with E-state index in [1.165, 1.54) is 39.4 Å². The van der Waals surface area contributed by atoms with E-state index in [-0.39, 0.29) is 12.2 Å². The second-order valence-electron chi connectivity index (χ2n) is 9.58. The lowest BCUT2D eigenvalue weighted by molar-refractivity contribution is 0.0696. The van der Waals surface area contributed by atoms with Crippen LogP contribution >= 0.6 is 38.6 Å². The number of aldehydes is 2. The molecular weight excluding hydrogens is 606 g/mol. The maximum Gasteiger partial charge on any atom is 0.160 e. The molecule has 2 aromatic heterocycles. The van der Waals surface area contributed by atoms with Crippen LogP contribution in [0.5, 0.6) is 0 Å². The summed E-state index contributed by atoms with van der Waals surface area (Å²) in [6, 6.07) is 18.8. The fourth-order valence-electron chi connectivity index (χ4n) is 5.21. The molecule has 204 valence electrons. The van der Waals surface area contributed by atoms with Crippen molar-refractivity contribution in [2.24, 2.45) is 5.73 Å². The van der Waals surface area contributed by atoms with Crippen LogP contribution in [-0.2, 0) is 22.3 Å². The molecule has 2 N–H and O–H groups in total. The lowest BCUT2D eigenvalue weighted by Crippen LogP contribution is -2.17. The number of rotatable bonds is 4. The number of fused-ring (bicyclic) bond motifs is 2. The van der Waals surface area contributed by atoms with Gasteiger partial charge in [0.05, 0.1) is 23.0 Å². The zero-order valence-electron chi connectivity index (χ0n) is 22.2. The number of hydrogen-bond donors (Lipinski definition) is 1. The predicted octanol–water partition coefficient (Wildman–Crippen LogP) is 7.09. The van der Waals surface area contributed by atoms with Gasteiger partial charge >= 0.3 is 0 Å². The molecule has 2 atom stereocenters. The zero-order chi connectivity index (χ0) is 28.2. The van der Waals surface area contributed by atoms with Gasteiger partial charge in [0.15, 0.2) is 12.6 Å². The molecule has 0 amide bonds. The highest BCUT2D eigenvalue weighted by Gasteiger charge is 2.27. The molecule has 5 nitrogen and oxygen atoms in total. The Hall–Kier alpha value is -3.06. The summed E-state index contributed by atoms with van der Waals surface area (Å²) in [7, 11) is 0. The van der Waals surface area contributed by atoms with Crippen molar-refractivity contribution in [1.29, 1.82) is 0 Å². The molecule has 4 heterocycles. The summed E-state index contributed by atoms with van der Waals surface area (Å²) in [5.41, 5.74) is 13.3. The number of benzene rings is 2. The van der Waals surface area contributed by atoms with Gasteiger partial charge in [-0.1, -0.05) is 28.1 Å². The van der Waals surface area contributed by atoms with E-state index < -0.39 is 0 Å². The third kappa shape index (κ3) is 5.99. The van der Waals surface area contributed by atoms with Gasteiger partial charge in [0.25, 0.3) is 0 Å². The van der Waals surface area contributed by atoms with Crippen molar-refractivity contribution in [2.45, 2.75) is 38.9 Å². The number of thiophene rings is 2. The molecule has 2 aliphatic rings. The second-order valence-corrected chi connectivity index (χ2v) is 13.1. The summed E-state index contributed by atoms with van der Waals surface area (Å²) in [4.78, 5) is 25.7. The van der Waals surface area contributed by atoms with Crippen LogP contribution < -0.4 is 5.73 Å². The summed E-state index contributed by atoms with van der Waals surface area (Å²) < 4.78 is 13.0. The van der Waals surface area contributed by atoms with Gasteiger partial charge < -0.3 is 15.2 Å². The molecule has 40 heavy (non-hydrogen) atoms. The first-order valence-electron chi connectivity index (χ1n) is 12.9. The van der Waals surface area contributed by atoms with Crippen molar-refractivity contribution in [3.63, 3.8) is 0 Å². The number of hydrogen-bond acceptors (Lipinski definition) is 7. The SMILES string of the molecule is Cc1sc(C=O)cc1C1OCCc2ccc(Br)cc21.Cc1sc(C=O)cc1C1OCCc2ccc(C#CN)cc21. The van der Waals surface area contributed by atoms with Gasteiger partial charge in [0.2, 0.25) is 0 Å². The maximum atomic E-state index is 11.0. The number of ether oxygens (including phenoxy) is 2. The smallest absolute Gasteiger partial charge is 0.160 e. The highest BCUT2D eigenvalue weighted by atomic mass is 79.9. The van der Waals surface area contributed by atoms with E-state index in [0.29, 0.717) is 6.61 Å². The predicted molar refractivity (Wildman–Crippen MR) is 164 cm³/mol. The van der Waals surface area contributed by atoms with Crippen LogP contribution in [0.1, 0.15) is 80.2 Å². The van der Waals surface area contributed by atoms with Gasteiger partial charge in [0, 0.05) is 25.8 Å². The Labute approximate surface area is 250 Å². The molecule has 0 saturated heterocycles. The molecule has 2 aromatic carbocycles. The quantitative estimate of drug-likeness (QED) is 0.147. The molecule has 0 aliphatic carbocycles. The first kappa shape index (κ1) is 28.5. The molecule has 2 unspecified atom stereocenters. The summed E-state index contributed by atoms with van der Waals surface area (Å²) >= 11 is 6.55. The van der Waals surface area contributed by atoms with Crippen LogP contribution in [-0.4, -0.2) is 25.8 Å². The van der Waals surface area contributed by atoms with Crippen LogP contribution in [0.25, 0.3) is 0 Å². The highest BCUT2D eigenvalue weighted by Crippen LogP contribution is 2.39. The van der Waals surface area contributed by atoms with Crippen molar-refractivity contribution in [1.82, 2.24) is 0 Å². The number of carbonyl (C=O) groups excluding carboxylic acids is 2. The van der Waals surface area contributed by atoms with Crippen LogP contribution in [0.15, 0.2) is 53.0 Å². The lowest BCUT2D eigenvalue weighted by atomic mass is 9.91. The van der Waals surface area contributed by atoms with E-state index >= 15 is 0 Å². The van der Waals surface area contributed by atoms with Gasteiger partial charge in [-0.25, -0.2) is 0 Å². The fourth-order valence-corrected chi connectivity index (χ4v) is 7.33. The van der Waals surface area contributed by atoms with E-state index in [1.54, 1.807) is 0 Å². The van der Waals surface area contributed by atoms with Gasteiger partial charge in [-0.2, -0.15) is 0 Å². The molecule has 0 radical (unpaired) electrons. The van der Waals surface area contributed by atoms with Crippen LogP contribution in [0.3, 0.4) is 0 Å². The maximum absolute atomic E-state index is 11.0. The highest BCUT2D eigenvalue weighted by molar-refractivity contribution is 9.10. The molecule has 6 rings (SSSR count). The largest absolute Gasteiger partial charge is 0.368 e. The third-order valence-electron chi connectivity index (χ3n) is 7.09. The first-order valence-corrected chi connectivity index (χ1v) is 15.3. The van der Waals surface area contributed by atoms with Gasteiger partial charge in [-0.3, -0.25) is 9.59 Å². The van der Waals surface area contributed by atoms with E-state index in [1.807, 2.05) is 38.1 Å². The first-order chi connectivity index (χ1) is 19.4. The Bertz CT molecular complexity index is 1630. The van der Waals surface area contributed by atoms with Crippen LogP contribution in [0, 0.1) is 25.8 Å². The molecular formula is C32H28BrNO4S2. The normalized spacial score (nSPS) is 17.4. The number of aryl methyl sites for hydroxylation is 2. The topological polar surface area (TPSA) is 78.6 Å².